The van der Waals surface area contributed by atoms with Gasteiger partial charge in [0.2, 0.25) is 5.82 Å². The van der Waals surface area contributed by atoms with Crippen LogP contribution < -0.4 is 16.3 Å². The zero-order valence-electron chi connectivity index (χ0n) is 22.9. The number of aromatic hydroxyl groups is 1. The maximum Gasteiger partial charge on any atom is 0.352 e. The van der Waals surface area contributed by atoms with Crippen molar-refractivity contribution in [3.63, 3.8) is 0 Å². The monoisotopic (exact) mass is 678 g/mol. The number of aromatic nitrogens is 3. The average molecular weight is 679 g/mol. The number of amides is 2. The fourth-order valence-corrected chi connectivity index (χ4v) is 7.58. The number of hydrogen-bond donors (Lipinski definition) is 1. The normalized spacial score (nSPS) is 25.3. The first-order valence-electron chi connectivity index (χ1n) is 13.5. The molecular formula is C30H17Cl2F5N4O5. The van der Waals surface area contributed by atoms with Crippen molar-refractivity contribution in [2.45, 2.75) is 34.7 Å². The maximum atomic E-state index is 15.1. The van der Waals surface area contributed by atoms with Gasteiger partial charge in [-0.2, -0.15) is 0 Å². The van der Waals surface area contributed by atoms with Crippen LogP contribution in [0.25, 0.3) is 5.69 Å². The molecule has 1 aliphatic carbocycles. The summed E-state index contributed by atoms with van der Waals surface area (Å²) in [5.74, 6) is -17.2. The molecule has 3 heterocycles. The molecule has 1 aromatic heterocycles. The summed E-state index contributed by atoms with van der Waals surface area (Å²) >= 11 is 14.0. The zero-order chi connectivity index (χ0) is 33.0. The number of imide groups is 1. The van der Waals surface area contributed by atoms with Gasteiger partial charge in [-0.25, -0.2) is 50.4 Å². The minimum absolute atomic E-state index is 0.139. The maximum absolute atomic E-state index is 15.1. The molecule has 7 rings (SSSR count). The molecule has 2 aliphatic heterocycles. The summed E-state index contributed by atoms with van der Waals surface area (Å²) in [6, 6.07) is 11.7. The number of carbonyl (C=O) groups excluding carboxylic acids is 2. The number of halogens is 7. The van der Waals surface area contributed by atoms with E-state index in [1.165, 1.54) is 42.5 Å². The molecule has 2 fully saturated rings. The van der Waals surface area contributed by atoms with Crippen molar-refractivity contribution in [2.75, 3.05) is 4.90 Å². The number of rotatable bonds is 3. The second-order valence-corrected chi connectivity index (χ2v) is 12.2. The summed E-state index contributed by atoms with van der Waals surface area (Å²) in [6.07, 6.45) is 0.769. The minimum atomic E-state index is -2.68. The van der Waals surface area contributed by atoms with Crippen molar-refractivity contribution in [1.29, 1.82) is 0 Å². The Hall–Kier alpha value is -4.69. The van der Waals surface area contributed by atoms with Crippen molar-refractivity contribution >= 4 is 40.7 Å². The van der Waals surface area contributed by atoms with Crippen LogP contribution in [0.5, 0.6) is 5.75 Å². The highest BCUT2D eigenvalue weighted by Crippen LogP contribution is 2.64. The van der Waals surface area contributed by atoms with E-state index >= 15 is 8.78 Å². The quantitative estimate of drug-likeness (QED) is 0.0864. The Balaban J connectivity index is 1.49. The Labute approximate surface area is 263 Å². The molecule has 16 heteroatoms. The van der Waals surface area contributed by atoms with Crippen LogP contribution in [0, 0.1) is 29.1 Å². The minimum Gasteiger partial charge on any atom is -0.508 e. The molecule has 1 saturated carbocycles. The number of phenols is 1. The van der Waals surface area contributed by atoms with Gasteiger partial charge >= 0.3 is 11.4 Å². The van der Waals surface area contributed by atoms with Crippen molar-refractivity contribution in [1.82, 2.24) is 13.9 Å². The Morgan fingerprint density at radius 2 is 1.35 bits per heavy atom. The van der Waals surface area contributed by atoms with E-state index in [0.29, 0.717) is 0 Å². The van der Waals surface area contributed by atoms with Gasteiger partial charge in [0, 0.05) is 12.3 Å². The van der Waals surface area contributed by atoms with Crippen LogP contribution in [-0.2, 0) is 16.1 Å². The molecule has 2 amide bonds. The van der Waals surface area contributed by atoms with E-state index < -0.39 is 86.1 Å². The lowest BCUT2D eigenvalue weighted by molar-refractivity contribution is -0.122. The van der Waals surface area contributed by atoms with Gasteiger partial charge in [-0.15, -0.1) is 23.2 Å². The van der Waals surface area contributed by atoms with Crippen molar-refractivity contribution in [2.24, 2.45) is 0 Å². The van der Waals surface area contributed by atoms with Gasteiger partial charge in [0.25, 0.3) is 11.8 Å². The number of carbonyl (C=O) groups is 2. The lowest BCUT2D eigenvalue weighted by Crippen LogP contribution is -2.59. The first kappa shape index (κ1) is 30.0. The zero-order valence-corrected chi connectivity index (χ0v) is 24.4. The highest BCUT2D eigenvalue weighted by Gasteiger charge is 2.76. The molecule has 4 atom stereocenters. The van der Waals surface area contributed by atoms with Crippen LogP contribution in [0.3, 0.4) is 0 Å². The van der Waals surface area contributed by atoms with Crippen LogP contribution in [0.2, 0.25) is 0 Å². The molecule has 1 N–H and O–H groups in total. The molecule has 4 unspecified atom stereocenters. The van der Waals surface area contributed by atoms with Gasteiger partial charge in [-0.1, -0.05) is 36.4 Å². The Morgan fingerprint density at radius 3 is 1.96 bits per heavy atom. The van der Waals surface area contributed by atoms with E-state index in [4.69, 9.17) is 23.2 Å². The van der Waals surface area contributed by atoms with E-state index in [-0.39, 0.29) is 34.0 Å². The first-order valence-corrected chi connectivity index (χ1v) is 14.3. The first-order chi connectivity index (χ1) is 21.8. The van der Waals surface area contributed by atoms with Crippen LogP contribution >= 0.6 is 23.2 Å². The summed E-state index contributed by atoms with van der Waals surface area (Å²) in [7, 11) is 0. The predicted molar refractivity (Wildman–Crippen MR) is 153 cm³/mol. The molecule has 4 aromatic rings. The largest absolute Gasteiger partial charge is 0.508 e. The van der Waals surface area contributed by atoms with E-state index in [1.54, 1.807) is 18.2 Å². The average Bonchev–Trinajstić information content (AvgIpc) is 3.38. The van der Waals surface area contributed by atoms with Crippen LogP contribution in [0.4, 0.5) is 27.6 Å². The molecule has 3 aliphatic rings. The number of alkyl halides is 2. The molecule has 9 nitrogen and oxygen atoms in total. The number of anilines is 1. The third kappa shape index (κ3) is 3.62. The van der Waals surface area contributed by atoms with Crippen LogP contribution in [0.1, 0.15) is 23.9 Å². The standard InChI is InChI=1S/C30H17Cl2F5N4O5/c31-29-12-17-16(10-11-38-27(45)39(28(46)41(17)38)14-4-2-1-3-5-14)18(13-6-8-15(42)9-7-13)30(29,32)26(44)40(25(29)43)24-22(36)20(34)19(33)21(35)23(24)37/h1-10,17-18,42H,11-12H2. The number of nitrogens with zero attached hydrogens (tertiary/aromatic N) is 4. The van der Waals surface area contributed by atoms with Crippen molar-refractivity contribution < 1.29 is 36.6 Å². The second kappa shape index (κ2) is 9.90. The number of para-hydroxylation sites is 1. The summed E-state index contributed by atoms with van der Waals surface area (Å²) < 4.78 is 75.6. The SMILES string of the molecule is O=C1N(c2c(F)c(F)c(F)c(F)c2F)C(=O)C2(Cl)C(c3ccc(O)cc3)C3=CCn4c(=O)n(-c5ccccc5)c(=O)n4C3CC12Cl. The van der Waals surface area contributed by atoms with Crippen molar-refractivity contribution in [3.05, 3.63) is 122 Å². The number of benzene rings is 3. The molecule has 46 heavy (non-hydrogen) atoms. The van der Waals surface area contributed by atoms with Crippen LogP contribution in [-0.4, -0.2) is 40.6 Å². The second-order valence-electron chi connectivity index (χ2n) is 11.0. The molecule has 0 spiro atoms. The summed E-state index contributed by atoms with van der Waals surface area (Å²) in [5, 5.41) is 9.94. The molecular weight excluding hydrogens is 662 g/mol. The number of phenolic OH excluding ortho intramolecular Hbond substituents is 1. The topological polar surface area (TPSA) is 107 Å². The Bertz CT molecular complexity index is 2140. The number of hydrogen-bond acceptors (Lipinski definition) is 5. The number of allylic oxidation sites excluding steroid dienone is 2. The van der Waals surface area contributed by atoms with E-state index in [2.05, 4.69) is 0 Å². The molecule has 3 aromatic carbocycles. The van der Waals surface area contributed by atoms with Crippen LogP contribution in [0.15, 0.2) is 75.8 Å². The van der Waals surface area contributed by atoms with Gasteiger partial charge in [0.05, 0.1) is 18.3 Å². The highest BCUT2D eigenvalue weighted by atomic mass is 35.5. The molecule has 0 bridgehead atoms. The van der Waals surface area contributed by atoms with Gasteiger partial charge in [-0.05, 0) is 35.4 Å². The predicted octanol–water partition coefficient (Wildman–Crippen LogP) is 4.40. The lowest BCUT2D eigenvalue weighted by Gasteiger charge is -2.49. The smallest absolute Gasteiger partial charge is 0.352 e. The highest BCUT2D eigenvalue weighted by molar-refractivity contribution is 6.58. The van der Waals surface area contributed by atoms with Gasteiger partial charge in [-0.3, -0.25) is 9.59 Å². The third-order valence-corrected chi connectivity index (χ3v) is 10.1. The summed E-state index contributed by atoms with van der Waals surface area (Å²) in [6.45, 7) is -0.222. The molecule has 1 saturated heterocycles. The van der Waals surface area contributed by atoms with E-state index in [0.717, 1.165) is 13.9 Å². The number of fused-ring (bicyclic) bond motifs is 4. The Morgan fingerprint density at radius 1 is 0.761 bits per heavy atom. The lowest BCUT2D eigenvalue weighted by atomic mass is 9.64. The van der Waals surface area contributed by atoms with Gasteiger partial charge in [0.15, 0.2) is 33.0 Å². The van der Waals surface area contributed by atoms with Gasteiger partial charge in [0.1, 0.15) is 11.4 Å². The Kier molecular flexibility index (Phi) is 6.46. The molecule has 0 radical (unpaired) electrons. The summed E-state index contributed by atoms with van der Waals surface area (Å²) in [5.41, 5.74) is -2.92. The third-order valence-electron chi connectivity index (χ3n) is 8.73. The molecule has 236 valence electrons. The van der Waals surface area contributed by atoms with Crippen molar-refractivity contribution in [3.8, 4) is 11.4 Å². The fraction of sp³-hybridized carbons (Fsp3) is 0.200. The van der Waals surface area contributed by atoms with E-state index in [1.807, 2.05) is 0 Å². The fourth-order valence-electron chi connectivity index (χ4n) is 6.67. The summed E-state index contributed by atoms with van der Waals surface area (Å²) in [4.78, 5) is 50.0. The van der Waals surface area contributed by atoms with E-state index in [9.17, 15) is 37.5 Å². The van der Waals surface area contributed by atoms with Gasteiger partial charge < -0.3 is 5.11 Å².